The molecule has 0 radical (unpaired) electrons. The summed E-state index contributed by atoms with van der Waals surface area (Å²) >= 11 is 3.14. The molecule has 0 unspecified atom stereocenters. The predicted octanol–water partition coefficient (Wildman–Crippen LogP) is 3.82. The number of amides is 1. The third-order valence-corrected chi connectivity index (χ3v) is 7.56. The minimum Gasteiger partial charge on any atom is -0.508 e. The Kier molecular flexibility index (Phi) is 4.75. The second kappa shape index (κ2) is 7.02. The van der Waals surface area contributed by atoms with Gasteiger partial charge >= 0.3 is 0 Å². The third-order valence-electron chi connectivity index (χ3n) is 5.34. The Balaban J connectivity index is 1.41. The predicted molar refractivity (Wildman–Crippen MR) is 102 cm³/mol. The Hall–Kier alpha value is -1.50. The molecule has 3 fully saturated rings. The van der Waals surface area contributed by atoms with Crippen LogP contribution in [0, 0.1) is 5.92 Å². The molecule has 0 aliphatic carbocycles. The molecule has 4 nitrogen and oxygen atoms in total. The zero-order valence-corrected chi connectivity index (χ0v) is 15.8. The maximum Gasteiger partial charge on any atom is 0.261 e. The van der Waals surface area contributed by atoms with Gasteiger partial charge in [-0.15, -0.1) is 11.3 Å². The van der Waals surface area contributed by atoms with Crippen molar-refractivity contribution in [3.63, 3.8) is 0 Å². The van der Waals surface area contributed by atoms with E-state index in [4.69, 9.17) is 0 Å². The van der Waals surface area contributed by atoms with Gasteiger partial charge < -0.3 is 10.4 Å². The lowest BCUT2D eigenvalue weighted by Gasteiger charge is -2.49. The number of nitrogens with one attached hydrogen (secondary N) is 1. The van der Waals surface area contributed by atoms with E-state index in [1.807, 2.05) is 24.3 Å². The molecule has 1 aromatic heterocycles. The number of piperidine rings is 3. The zero-order valence-electron chi connectivity index (χ0n) is 14.1. The molecule has 2 N–H and O–H groups in total. The van der Waals surface area contributed by atoms with Gasteiger partial charge in [-0.3, -0.25) is 9.69 Å². The molecule has 4 heterocycles. The quantitative estimate of drug-likeness (QED) is 0.854. The molecule has 0 spiro atoms. The van der Waals surface area contributed by atoms with E-state index in [-0.39, 0.29) is 17.7 Å². The van der Waals surface area contributed by atoms with E-state index in [1.165, 1.54) is 37.3 Å². The summed E-state index contributed by atoms with van der Waals surface area (Å²) in [6.07, 6.45) is 2.39. The fourth-order valence-corrected chi connectivity index (χ4v) is 5.90. The van der Waals surface area contributed by atoms with Crippen LogP contribution in [0.1, 0.15) is 29.4 Å². The van der Waals surface area contributed by atoms with Crippen molar-refractivity contribution in [2.24, 2.45) is 5.92 Å². The molecule has 1 aromatic carbocycles. The van der Waals surface area contributed by atoms with Crippen molar-refractivity contribution in [1.82, 2.24) is 10.2 Å². The minimum atomic E-state index is 0.0492. The lowest BCUT2D eigenvalue weighted by Crippen LogP contribution is -2.62. The topological polar surface area (TPSA) is 52.6 Å². The summed E-state index contributed by atoms with van der Waals surface area (Å²) in [5, 5.41) is 12.6. The van der Waals surface area contributed by atoms with Crippen molar-refractivity contribution in [2.75, 3.05) is 13.1 Å². The lowest BCUT2D eigenvalue weighted by atomic mass is 9.79. The number of fused-ring (bicyclic) bond motifs is 3. The van der Waals surface area contributed by atoms with Gasteiger partial charge in [0.25, 0.3) is 5.91 Å². The third kappa shape index (κ3) is 3.57. The number of phenolic OH excluding ortho intramolecular Hbond substituents is 1. The number of carbonyl (C=O) groups is 1. The summed E-state index contributed by atoms with van der Waals surface area (Å²) in [7, 11) is 0. The van der Waals surface area contributed by atoms with Gasteiger partial charge in [0.1, 0.15) is 5.75 Å². The number of hydrogen-bond acceptors (Lipinski definition) is 5. The Morgan fingerprint density at radius 3 is 2.60 bits per heavy atom. The Labute approximate surface area is 156 Å². The highest BCUT2D eigenvalue weighted by molar-refractivity contribution is 8.01. The van der Waals surface area contributed by atoms with E-state index in [2.05, 4.69) is 17.1 Å². The second-order valence-electron chi connectivity index (χ2n) is 6.83. The highest BCUT2D eigenvalue weighted by Crippen LogP contribution is 2.35. The minimum absolute atomic E-state index is 0.0492. The molecule has 6 heteroatoms. The van der Waals surface area contributed by atoms with Gasteiger partial charge in [0, 0.05) is 17.0 Å². The van der Waals surface area contributed by atoms with Gasteiger partial charge in [-0.2, -0.15) is 0 Å². The van der Waals surface area contributed by atoms with Gasteiger partial charge in [0.05, 0.1) is 9.09 Å². The first-order valence-corrected chi connectivity index (χ1v) is 10.3. The van der Waals surface area contributed by atoms with Crippen molar-refractivity contribution in [2.45, 2.75) is 41.0 Å². The Bertz CT molecular complexity index is 749. The first-order chi connectivity index (χ1) is 12.1. The van der Waals surface area contributed by atoms with Crippen LogP contribution < -0.4 is 5.32 Å². The molecule has 3 aliphatic rings. The van der Waals surface area contributed by atoms with Gasteiger partial charge in [0.2, 0.25) is 0 Å². The number of rotatable bonds is 4. The SMILES string of the molecule is C[C@H]1[C@H](NC(=O)c2ccc(Sc3ccc(O)cc3)s2)C2CCN1CC2. The van der Waals surface area contributed by atoms with Gasteiger partial charge in [-0.1, -0.05) is 11.8 Å². The molecule has 25 heavy (non-hydrogen) atoms. The average Bonchev–Trinajstić information content (AvgIpc) is 3.09. The first-order valence-electron chi connectivity index (χ1n) is 8.72. The molecule has 2 aromatic rings. The van der Waals surface area contributed by atoms with Crippen LogP contribution in [0.15, 0.2) is 45.5 Å². The van der Waals surface area contributed by atoms with Crippen LogP contribution >= 0.6 is 23.1 Å². The largest absolute Gasteiger partial charge is 0.508 e. The van der Waals surface area contributed by atoms with Crippen LogP contribution in [-0.4, -0.2) is 41.1 Å². The monoisotopic (exact) mass is 374 g/mol. The van der Waals surface area contributed by atoms with Crippen LogP contribution in [0.3, 0.4) is 0 Å². The molecule has 2 atom stereocenters. The maximum absolute atomic E-state index is 12.7. The van der Waals surface area contributed by atoms with E-state index in [0.717, 1.165) is 14.0 Å². The summed E-state index contributed by atoms with van der Waals surface area (Å²) in [6, 6.07) is 11.7. The molecule has 3 aliphatic heterocycles. The Morgan fingerprint density at radius 2 is 1.92 bits per heavy atom. The van der Waals surface area contributed by atoms with Gasteiger partial charge in [-0.25, -0.2) is 0 Å². The van der Waals surface area contributed by atoms with Crippen molar-refractivity contribution >= 4 is 29.0 Å². The second-order valence-corrected chi connectivity index (χ2v) is 9.29. The normalized spacial score (nSPS) is 28.0. The fraction of sp³-hybridized carbons (Fsp3) is 0.421. The van der Waals surface area contributed by atoms with E-state index in [1.54, 1.807) is 23.9 Å². The number of hydrogen-bond donors (Lipinski definition) is 2. The lowest BCUT2D eigenvalue weighted by molar-refractivity contribution is 0.0218. The highest BCUT2D eigenvalue weighted by Gasteiger charge is 2.40. The van der Waals surface area contributed by atoms with E-state index in [0.29, 0.717) is 12.0 Å². The van der Waals surface area contributed by atoms with Crippen LogP contribution in [0.5, 0.6) is 5.75 Å². The number of nitrogens with zero attached hydrogens (tertiary/aromatic N) is 1. The Morgan fingerprint density at radius 1 is 1.20 bits per heavy atom. The van der Waals surface area contributed by atoms with Crippen LogP contribution in [0.25, 0.3) is 0 Å². The molecule has 3 saturated heterocycles. The summed E-state index contributed by atoms with van der Waals surface area (Å²) in [6.45, 7) is 4.58. The molecule has 5 rings (SSSR count). The molecule has 0 saturated carbocycles. The van der Waals surface area contributed by atoms with E-state index < -0.39 is 0 Å². The summed E-state index contributed by atoms with van der Waals surface area (Å²) in [5.74, 6) is 0.935. The first kappa shape index (κ1) is 16.9. The van der Waals surface area contributed by atoms with Crippen LogP contribution in [0.2, 0.25) is 0 Å². The number of phenols is 1. The fourth-order valence-electron chi connectivity index (χ4n) is 3.90. The van der Waals surface area contributed by atoms with Crippen LogP contribution in [0.4, 0.5) is 0 Å². The molecule has 2 bridgehead atoms. The van der Waals surface area contributed by atoms with Crippen molar-refractivity contribution in [1.29, 1.82) is 0 Å². The van der Waals surface area contributed by atoms with Crippen molar-refractivity contribution in [3.8, 4) is 5.75 Å². The standard InChI is InChI=1S/C19H22N2O2S2/c1-12-18(13-8-10-21(12)11-9-13)20-19(23)16-6-7-17(25-16)24-15-4-2-14(22)3-5-15/h2-7,12-13,18,22H,8-11H2,1H3,(H,20,23)/t12-,18-/m0/s1. The van der Waals surface area contributed by atoms with Crippen molar-refractivity contribution < 1.29 is 9.90 Å². The number of aromatic hydroxyl groups is 1. The summed E-state index contributed by atoms with van der Waals surface area (Å²) in [4.78, 5) is 17.0. The highest BCUT2D eigenvalue weighted by atomic mass is 32.2. The zero-order chi connectivity index (χ0) is 17.4. The van der Waals surface area contributed by atoms with E-state index in [9.17, 15) is 9.90 Å². The molecular formula is C19H22N2O2S2. The van der Waals surface area contributed by atoms with Gasteiger partial charge in [0.15, 0.2) is 0 Å². The summed E-state index contributed by atoms with van der Waals surface area (Å²) in [5.41, 5.74) is 0. The smallest absolute Gasteiger partial charge is 0.261 e. The van der Waals surface area contributed by atoms with Crippen LogP contribution in [-0.2, 0) is 0 Å². The number of thiophene rings is 1. The number of benzene rings is 1. The van der Waals surface area contributed by atoms with E-state index >= 15 is 0 Å². The molecule has 1 amide bonds. The summed E-state index contributed by atoms with van der Waals surface area (Å²) < 4.78 is 1.08. The van der Waals surface area contributed by atoms with Crippen molar-refractivity contribution in [3.05, 3.63) is 41.3 Å². The molecule has 132 valence electrons. The maximum atomic E-state index is 12.7. The number of carbonyl (C=O) groups excluding carboxylic acids is 1. The molecular weight excluding hydrogens is 352 g/mol. The average molecular weight is 375 g/mol. The van der Waals surface area contributed by atoms with Gasteiger partial charge in [-0.05, 0) is 75.2 Å².